The number of anilines is 2. The van der Waals surface area contributed by atoms with Crippen molar-refractivity contribution < 1.29 is 18.0 Å². The van der Waals surface area contributed by atoms with Gasteiger partial charge in [-0.05, 0) is 53.4 Å². The summed E-state index contributed by atoms with van der Waals surface area (Å²) in [7, 11) is 0. The van der Waals surface area contributed by atoms with Crippen molar-refractivity contribution in [3.63, 3.8) is 0 Å². The van der Waals surface area contributed by atoms with E-state index in [-0.39, 0.29) is 5.91 Å². The van der Waals surface area contributed by atoms with Crippen molar-refractivity contribution in [1.82, 2.24) is 4.98 Å². The highest BCUT2D eigenvalue weighted by Gasteiger charge is 2.30. The molecular weight excluding hydrogens is 439 g/mol. The van der Waals surface area contributed by atoms with Crippen molar-refractivity contribution in [3.05, 3.63) is 114 Å². The van der Waals surface area contributed by atoms with Crippen molar-refractivity contribution in [3.8, 4) is 11.1 Å². The molecule has 1 aromatic heterocycles. The Morgan fingerprint density at radius 1 is 0.824 bits per heavy atom. The van der Waals surface area contributed by atoms with Gasteiger partial charge >= 0.3 is 6.18 Å². The van der Waals surface area contributed by atoms with Crippen LogP contribution in [0.4, 0.5) is 24.7 Å². The topological polar surface area (TPSA) is 54.0 Å². The zero-order chi connectivity index (χ0) is 24.0. The highest BCUT2D eigenvalue weighted by atomic mass is 19.4. The van der Waals surface area contributed by atoms with Gasteiger partial charge < -0.3 is 10.6 Å². The Labute approximate surface area is 195 Å². The predicted octanol–water partition coefficient (Wildman–Crippen LogP) is 6.67. The minimum Gasteiger partial charge on any atom is -0.370 e. The quantitative estimate of drug-likeness (QED) is 0.323. The number of hydrogen-bond donors (Lipinski definition) is 2. The largest absolute Gasteiger partial charge is 0.416 e. The molecule has 4 rings (SSSR count). The Bertz CT molecular complexity index is 1240. The van der Waals surface area contributed by atoms with E-state index in [0.717, 1.165) is 25.1 Å². The van der Waals surface area contributed by atoms with Gasteiger partial charge in [0.2, 0.25) is 0 Å². The number of nitrogens with one attached hydrogen (secondary N) is 2. The van der Waals surface area contributed by atoms with Crippen LogP contribution in [0.25, 0.3) is 11.1 Å². The van der Waals surface area contributed by atoms with Crippen molar-refractivity contribution in [2.75, 3.05) is 17.2 Å². The summed E-state index contributed by atoms with van der Waals surface area (Å²) in [5, 5.41) is 6.05. The number of halogens is 3. The molecule has 3 aromatic carbocycles. The van der Waals surface area contributed by atoms with Crippen LogP contribution in [0.5, 0.6) is 0 Å². The van der Waals surface area contributed by atoms with Gasteiger partial charge in [0.25, 0.3) is 5.91 Å². The molecule has 0 atom stereocenters. The Hall–Kier alpha value is -4.13. The molecule has 1 amide bonds. The molecule has 0 saturated heterocycles. The van der Waals surface area contributed by atoms with E-state index in [1.807, 2.05) is 18.2 Å². The standard InChI is InChI=1S/C27H22F3N3O/c28-27(29,30)21-12-10-20(11-13-21)23-8-4-5-9-24(23)26(34)33-22-14-15-25(32-18-22)31-17-16-19-6-2-1-3-7-19/h1-15,18H,16-17H2,(H,31,32)(H,33,34). The summed E-state index contributed by atoms with van der Waals surface area (Å²) in [5.41, 5.74) is 2.43. The molecule has 0 aliphatic rings. The van der Waals surface area contributed by atoms with Crippen LogP contribution in [-0.4, -0.2) is 17.4 Å². The average molecular weight is 461 g/mol. The first-order valence-electron chi connectivity index (χ1n) is 10.7. The molecule has 0 bridgehead atoms. The second kappa shape index (κ2) is 10.2. The molecule has 0 saturated carbocycles. The normalized spacial score (nSPS) is 11.1. The minimum absolute atomic E-state index is 0.354. The number of rotatable bonds is 7. The SMILES string of the molecule is O=C(Nc1ccc(NCCc2ccccc2)nc1)c1ccccc1-c1ccc(C(F)(F)F)cc1. The van der Waals surface area contributed by atoms with E-state index < -0.39 is 11.7 Å². The monoisotopic (exact) mass is 461 g/mol. The zero-order valence-electron chi connectivity index (χ0n) is 18.1. The third kappa shape index (κ3) is 5.81. The van der Waals surface area contributed by atoms with Crippen LogP contribution in [0, 0.1) is 0 Å². The Morgan fingerprint density at radius 2 is 1.53 bits per heavy atom. The van der Waals surface area contributed by atoms with E-state index in [9.17, 15) is 18.0 Å². The highest BCUT2D eigenvalue weighted by Crippen LogP contribution is 2.32. The second-order valence-corrected chi connectivity index (χ2v) is 7.67. The third-order valence-electron chi connectivity index (χ3n) is 5.28. The first-order valence-corrected chi connectivity index (χ1v) is 10.7. The summed E-state index contributed by atoms with van der Waals surface area (Å²) < 4.78 is 38.6. The van der Waals surface area contributed by atoms with E-state index in [1.54, 1.807) is 42.6 Å². The van der Waals surface area contributed by atoms with Gasteiger partial charge in [0.15, 0.2) is 0 Å². The molecule has 0 spiro atoms. The molecule has 2 N–H and O–H groups in total. The van der Waals surface area contributed by atoms with Crippen LogP contribution >= 0.6 is 0 Å². The smallest absolute Gasteiger partial charge is 0.370 e. The number of aromatic nitrogens is 1. The predicted molar refractivity (Wildman–Crippen MR) is 128 cm³/mol. The molecule has 0 aliphatic carbocycles. The molecule has 172 valence electrons. The summed E-state index contributed by atoms with van der Waals surface area (Å²) >= 11 is 0. The number of carbonyl (C=O) groups is 1. The number of hydrogen-bond acceptors (Lipinski definition) is 3. The van der Waals surface area contributed by atoms with Crippen LogP contribution in [0.3, 0.4) is 0 Å². The molecule has 34 heavy (non-hydrogen) atoms. The number of amides is 1. The van der Waals surface area contributed by atoms with E-state index in [4.69, 9.17) is 0 Å². The lowest BCUT2D eigenvalue weighted by molar-refractivity contribution is -0.137. The molecule has 0 radical (unpaired) electrons. The van der Waals surface area contributed by atoms with Gasteiger partial charge in [-0.2, -0.15) is 13.2 Å². The molecule has 4 nitrogen and oxygen atoms in total. The fraction of sp³-hybridized carbons (Fsp3) is 0.111. The molecule has 4 aromatic rings. The molecule has 0 unspecified atom stereocenters. The van der Waals surface area contributed by atoms with Crippen molar-refractivity contribution in [2.24, 2.45) is 0 Å². The lowest BCUT2D eigenvalue weighted by Crippen LogP contribution is -2.13. The zero-order valence-corrected chi connectivity index (χ0v) is 18.1. The Balaban J connectivity index is 1.41. The number of nitrogens with zero attached hydrogens (tertiary/aromatic N) is 1. The van der Waals surface area contributed by atoms with E-state index in [2.05, 4.69) is 27.8 Å². The first-order chi connectivity index (χ1) is 16.4. The molecular formula is C27H22F3N3O. The second-order valence-electron chi connectivity index (χ2n) is 7.67. The van der Waals surface area contributed by atoms with E-state index >= 15 is 0 Å². The van der Waals surface area contributed by atoms with Crippen LogP contribution in [0.1, 0.15) is 21.5 Å². The number of pyridine rings is 1. The van der Waals surface area contributed by atoms with Gasteiger partial charge in [-0.1, -0.05) is 60.7 Å². The molecule has 0 fully saturated rings. The summed E-state index contributed by atoms with van der Waals surface area (Å²) in [5.74, 6) is 0.321. The van der Waals surface area contributed by atoms with Crippen molar-refractivity contribution in [1.29, 1.82) is 0 Å². The number of carbonyl (C=O) groups excluding carboxylic acids is 1. The van der Waals surface area contributed by atoms with Gasteiger partial charge in [-0.15, -0.1) is 0 Å². The third-order valence-corrected chi connectivity index (χ3v) is 5.28. The lowest BCUT2D eigenvalue weighted by atomic mass is 9.98. The van der Waals surface area contributed by atoms with Crippen molar-refractivity contribution >= 4 is 17.4 Å². The summed E-state index contributed by atoms with van der Waals surface area (Å²) in [6, 6.07) is 25.2. The van der Waals surface area contributed by atoms with Crippen LogP contribution in [-0.2, 0) is 12.6 Å². The van der Waals surface area contributed by atoms with Crippen molar-refractivity contribution in [2.45, 2.75) is 12.6 Å². The maximum absolute atomic E-state index is 12.9. The fourth-order valence-electron chi connectivity index (χ4n) is 3.52. The van der Waals surface area contributed by atoms with Crippen LogP contribution in [0.15, 0.2) is 97.2 Å². The van der Waals surface area contributed by atoms with Gasteiger partial charge in [0, 0.05) is 12.1 Å². The lowest BCUT2D eigenvalue weighted by Gasteiger charge is -2.12. The number of benzene rings is 3. The van der Waals surface area contributed by atoms with E-state index in [1.165, 1.54) is 17.7 Å². The summed E-state index contributed by atoms with van der Waals surface area (Å²) in [6.07, 6.45) is -1.99. The van der Waals surface area contributed by atoms with Gasteiger partial charge in [-0.3, -0.25) is 4.79 Å². The van der Waals surface area contributed by atoms with Gasteiger partial charge in [0.05, 0.1) is 17.4 Å². The maximum Gasteiger partial charge on any atom is 0.416 e. The molecule has 0 aliphatic heterocycles. The molecule has 7 heteroatoms. The van der Waals surface area contributed by atoms with E-state index in [0.29, 0.717) is 28.2 Å². The minimum atomic E-state index is -4.41. The van der Waals surface area contributed by atoms with Crippen LogP contribution < -0.4 is 10.6 Å². The average Bonchev–Trinajstić information content (AvgIpc) is 2.85. The highest BCUT2D eigenvalue weighted by molar-refractivity contribution is 6.08. The Kier molecular flexibility index (Phi) is 6.92. The summed E-state index contributed by atoms with van der Waals surface area (Å²) in [4.78, 5) is 17.3. The summed E-state index contributed by atoms with van der Waals surface area (Å²) in [6.45, 7) is 0.725. The fourth-order valence-corrected chi connectivity index (χ4v) is 3.52. The maximum atomic E-state index is 12.9. The Morgan fingerprint density at radius 3 is 2.21 bits per heavy atom. The number of alkyl halides is 3. The first kappa shape index (κ1) is 23.0. The molecule has 1 heterocycles. The van der Waals surface area contributed by atoms with Crippen LogP contribution in [0.2, 0.25) is 0 Å². The van der Waals surface area contributed by atoms with Gasteiger partial charge in [-0.25, -0.2) is 4.98 Å². The van der Waals surface area contributed by atoms with Gasteiger partial charge in [0.1, 0.15) is 5.82 Å².